The molecule has 0 aliphatic rings. The Hall–Kier alpha value is -5.44. The van der Waals surface area contributed by atoms with Crippen molar-refractivity contribution in [3.05, 3.63) is 101 Å². The number of nitrogens with one attached hydrogen (secondary N) is 3. The largest absolute Gasteiger partial charge is 0.444 e. The van der Waals surface area contributed by atoms with Gasteiger partial charge in [0.15, 0.2) is 0 Å². The number of halogens is 4. The molecule has 3 amide bonds. The molecule has 15 heteroatoms. The van der Waals surface area contributed by atoms with Gasteiger partial charge in [0.1, 0.15) is 34.5 Å². The lowest BCUT2D eigenvalue weighted by atomic mass is 10.0. The van der Waals surface area contributed by atoms with Crippen LogP contribution in [0.15, 0.2) is 83.5 Å². The summed E-state index contributed by atoms with van der Waals surface area (Å²) >= 11 is 0. The van der Waals surface area contributed by atoms with Crippen molar-refractivity contribution in [2.75, 3.05) is 10.6 Å². The summed E-state index contributed by atoms with van der Waals surface area (Å²) in [6.45, 7) is 10.2. The van der Waals surface area contributed by atoms with Gasteiger partial charge in [-0.1, -0.05) is 30.3 Å². The number of hydrogen-bond donors (Lipinski definition) is 5. The van der Waals surface area contributed by atoms with Crippen LogP contribution in [0.25, 0.3) is 0 Å². The summed E-state index contributed by atoms with van der Waals surface area (Å²) in [5.74, 6) is -2.19. The number of allylic oxidation sites excluding steroid dienone is 1. The number of alkyl halides is 3. The molecule has 0 aliphatic carbocycles. The number of nitrogens with zero attached hydrogens (tertiary/aromatic N) is 1. The minimum atomic E-state index is -5.01. The molecule has 11 nitrogen and oxygen atoms in total. The van der Waals surface area contributed by atoms with Crippen LogP contribution in [0.4, 0.5) is 44.2 Å². The topological polar surface area (TPSA) is 164 Å². The molecule has 3 aromatic carbocycles. The van der Waals surface area contributed by atoms with Crippen LogP contribution in [0.5, 0.6) is 0 Å². The van der Waals surface area contributed by atoms with Gasteiger partial charge >= 0.3 is 18.4 Å². The maximum Gasteiger partial charge on any atom is 0.430 e. The molecule has 6 N–H and O–H groups in total. The SMILES string of the molecule is CC(C)(C)OC(=O)NCc1cccc(N=C(C=C(N)C(F)(F)F)C(=O)Nc2cc(C(O)c3ccc(NC(=O)OC(C)(C)C)cc3)ccc2F)c1. The molecule has 0 saturated carbocycles. The average molecular weight is 702 g/mol. The summed E-state index contributed by atoms with van der Waals surface area (Å²) in [6, 6.07) is 15.3. The number of amides is 3. The van der Waals surface area contributed by atoms with E-state index in [-0.39, 0.29) is 17.8 Å². The summed E-state index contributed by atoms with van der Waals surface area (Å²) < 4.78 is 65.4. The van der Waals surface area contributed by atoms with E-state index in [0.29, 0.717) is 22.9 Å². The molecule has 1 atom stereocenters. The van der Waals surface area contributed by atoms with Gasteiger partial charge in [-0.3, -0.25) is 10.1 Å². The fraction of sp³-hybridized carbons (Fsp3) is 0.314. The van der Waals surface area contributed by atoms with Gasteiger partial charge in [-0.2, -0.15) is 13.2 Å². The third-order valence-electron chi connectivity index (χ3n) is 6.27. The van der Waals surface area contributed by atoms with E-state index in [0.717, 1.165) is 12.1 Å². The Balaban J connectivity index is 1.85. The van der Waals surface area contributed by atoms with E-state index in [4.69, 9.17) is 15.2 Å². The van der Waals surface area contributed by atoms with E-state index in [1.165, 1.54) is 48.5 Å². The number of benzene rings is 3. The van der Waals surface area contributed by atoms with Crippen LogP contribution in [-0.2, 0) is 20.8 Å². The number of ether oxygens (including phenoxy) is 2. The van der Waals surface area contributed by atoms with Gasteiger partial charge in [0.25, 0.3) is 5.91 Å². The van der Waals surface area contributed by atoms with Crippen molar-refractivity contribution in [2.45, 2.75) is 71.6 Å². The molecular weight excluding hydrogens is 662 g/mol. The first-order valence-electron chi connectivity index (χ1n) is 15.2. The number of hydrogen-bond acceptors (Lipinski definition) is 8. The fourth-order valence-electron chi connectivity index (χ4n) is 4.10. The van der Waals surface area contributed by atoms with Crippen molar-refractivity contribution in [1.29, 1.82) is 0 Å². The summed E-state index contributed by atoms with van der Waals surface area (Å²) in [7, 11) is 0. The third-order valence-corrected chi connectivity index (χ3v) is 6.27. The van der Waals surface area contributed by atoms with Crippen LogP contribution in [-0.4, -0.2) is 46.3 Å². The van der Waals surface area contributed by atoms with E-state index < -0.39 is 64.5 Å². The smallest absolute Gasteiger partial charge is 0.430 e. The normalized spacial score (nSPS) is 13.3. The number of anilines is 2. The van der Waals surface area contributed by atoms with E-state index in [1.807, 2.05) is 0 Å². The Labute approximate surface area is 286 Å². The number of alkyl carbamates (subject to hydrolysis) is 1. The van der Waals surface area contributed by atoms with Gasteiger partial charge in [-0.15, -0.1) is 0 Å². The standard InChI is InChI=1S/C35H39F4N5O6/c1-33(2,3)49-31(47)41-19-20-8-7-9-24(16-20)42-27(18-28(40)35(37,38)39)30(46)44-26-17-22(12-15-25(26)36)29(45)21-10-13-23(14-11-21)43-32(48)50-34(4,5)6/h7-18,29,45H,19,40H2,1-6H3,(H,41,47)(H,43,48)(H,44,46). The first-order chi connectivity index (χ1) is 23.1. The van der Waals surface area contributed by atoms with Gasteiger partial charge in [0.05, 0.1) is 11.4 Å². The molecule has 3 aromatic rings. The monoisotopic (exact) mass is 701 g/mol. The lowest BCUT2D eigenvalue weighted by molar-refractivity contribution is -0.110. The van der Waals surface area contributed by atoms with Crippen LogP contribution in [0.1, 0.15) is 64.3 Å². The molecule has 1 unspecified atom stereocenters. The number of aliphatic hydroxyl groups is 1. The van der Waals surface area contributed by atoms with Crippen LogP contribution in [0.3, 0.4) is 0 Å². The molecule has 268 valence electrons. The highest BCUT2D eigenvalue weighted by Crippen LogP contribution is 2.28. The second-order valence-electron chi connectivity index (χ2n) is 13.0. The number of aliphatic hydroxyl groups excluding tert-OH is 1. The van der Waals surface area contributed by atoms with Gasteiger partial charge in [-0.05, 0) is 101 Å². The zero-order chi connectivity index (χ0) is 37.4. The molecule has 0 heterocycles. The lowest BCUT2D eigenvalue weighted by Crippen LogP contribution is -2.32. The third kappa shape index (κ3) is 12.5. The Kier molecular flexibility index (Phi) is 12.4. The first-order valence-corrected chi connectivity index (χ1v) is 15.2. The number of nitrogens with two attached hydrogens (primary N) is 1. The van der Waals surface area contributed by atoms with E-state index >= 15 is 0 Å². The molecule has 0 aliphatic heterocycles. The Morgan fingerprint density at radius 2 is 1.46 bits per heavy atom. The van der Waals surface area contributed by atoms with Crippen molar-refractivity contribution < 1.29 is 46.5 Å². The average Bonchev–Trinajstić information content (AvgIpc) is 2.98. The Morgan fingerprint density at radius 3 is 2.06 bits per heavy atom. The van der Waals surface area contributed by atoms with Gasteiger partial charge < -0.3 is 30.9 Å². The molecule has 0 saturated heterocycles. The molecule has 0 fully saturated rings. The van der Waals surface area contributed by atoms with E-state index in [2.05, 4.69) is 20.9 Å². The maximum atomic E-state index is 14.9. The first kappa shape index (κ1) is 39.0. The van der Waals surface area contributed by atoms with Crippen molar-refractivity contribution in [3.8, 4) is 0 Å². The predicted molar refractivity (Wildman–Crippen MR) is 180 cm³/mol. The molecule has 0 radical (unpaired) electrons. The van der Waals surface area contributed by atoms with Gasteiger partial charge in [-0.25, -0.2) is 19.0 Å². The molecular formula is C35H39F4N5O6. The maximum absolute atomic E-state index is 14.9. The quantitative estimate of drug-likeness (QED) is 0.115. The Morgan fingerprint density at radius 1 is 0.860 bits per heavy atom. The summed E-state index contributed by atoms with van der Waals surface area (Å²) in [6.07, 6.45) is -7.40. The summed E-state index contributed by atoms with van der Waals surface area (Å²) in [5, 5.41) is 18.3. The zero-order valence-corrected chi connectivity index (χ0v) is 28.2. The number of carbonyl (C=O) groups is 3. The van der Waals surface area contributed by atoms with Crippen molar-refractivity contribution >= 4 is 40.9 Å². The highest BCUT2D eigenvalue weighted by Gasteiger charge is 2.32. The molecule has 3 rings (SSSR count). The molecule has 0 aromatic heterocycles. The van der Waals surface area contributed by atoms with Crippen molar-refractivity contribution in [3.63, 3.8) is 0 Å². The number of rotatable bonds is 9. The number of aliphatic imine (C=N–C) groups is 1. The fourth-order valence-corrected chi connectivity index (χ4v) is 4.10. The van der Waals surface area contributed by atoms with Crippen LogP contribution >= 0.6 is 0 Å². The predicted octanol–water partition coefficient (Wildman–Crippen LogP) is 7.40. The second kappa shape index (κ2) is 15.8. The lowest BCUT2D eigenvalue weighted by Gasteiger charge is -2.20. The Bertz CT molecular complexity index is 1760. The minimum Gasteiger partial charge on any atom is -0.444 e. The van der Waals surface area contributed by atoms with Crippen LogP contribution < -0.4 is 21.7 Å². The van der Waals surface area contributed by atoms with Gasteiger partial charge in [0.2, 0.25) is 0 Å². The van der Waals surface area contributed by atoms with E-state index in [1.54, 1.807) is 47.6 Å². The number of carbonyl (C=O) groups excluding carboxylic acids is 3. The van der Waals surface area contributed by atoms with Crippen molar-refractivity contribution in [1.82, 2.24) is 5.32 Å². The summed E-state index contributed by atoms with van der Waals surface area (Å²) in [5.41, 5.74) is 2.19. The van der Waals surface area contributed by atoms with Crippen molar-refractivity contribution in [2.24, 2.45) is 10.7 Å². The molecule has 50 heavy (non-hydrogen) atoms. The second-order valence-corrected chi connectivity index (χ2v) is 13.0. The molecule has 0 bridgehead atoms. The minimum absolute atomic E-state index is 0.0242. The zero-order valence-electron chi connectivity index (χ0n) is 28.2. The molecule has 0 spiro atoms. The van der Waals surface area contributed by atoms with Gasteiger partial charge in [0, 0.05) is 12.2 Å². The highest BCUT2D eigenvalue weighted by atomic mass is 19.4. The van der Waals surface area contributed by atoms with Crippen LogP contribution in [0, 0.1) is 5.82 Å². The summed E-state index contributed by atoms with van der Waals surface area (Å²) in [4.78, 5) is 41.4. The highest BCUT2D eigenvalue weighted by molar-refractivity contribution is 6.47. The van der Waals surface area contributed by atoms with E-state index in [9.17, 15) is 37.1 Å². The van der Waals surface area contributed by atoms with Crippen LogP contribution in [0.2, 0.25) is 0 Å².